The Labute approximate surface area is 230 Å². The van der Waals surface area contributed by atoms with E-state index in [1.807, 2.05) is 13.0 Å². The van der Waals surface area contributed by atoms with Crippen molar-refractivity contribution < 1.29 is 43.7 Å². The molecule has 1 rings (SSSR count). The van der Waals surface area contributed by atoms with Crippen LogP contribution < -0.4 is 5.32 Å². The van der Waals surface area contributed by atoms with E-state index in [1.54, 1.807) is 52.0 Å². The Morgan fingerprint density at radius 1 is 0.949 bits per heavy atom. The van der Waals surface area contributed by atoms with Gasteiger partial charge in [0.15, 0.2) is 5.78 Å². The molecule has 0 saturated carbocycles. The summed E-state index contributed by atoms with van der Waals surface area (Å²) in [6.45, 7) is 9.98. The molecule has 1 aromatic carbocycles. The third-order valence-corrected chi connectivity index (χ3v) is 6.38. The van der Waals surface area contributed by atoms with Crippen molar-refractivity contribution in [1.82, 2.24) is 5.32 Å². The van der Waals surface area contributed by atoms with Crippen LogP contribution in [0.2, 0.25) is 0 Å². The first-order valence-electron chi connectivity index (χ1n) is 13.3. The van der Waals surface area contributed by atoms with E-state index in [9.17, 15) is 34.2 Å². The number of ether oxygens (including phenoxy) is 2. The number of carboxylic acid groups (broad SMARTS) is 1. The predicted molar refractivity (Wildman–Crippen MR) is 143 cm³/mol. The summed E-state index contributed by atoms with van der Waals surface area (Å²) in [5.41, 5.74) is 0.00786. The van der Waals surface area contributed by atoms with Gasteiger partial charge >= 0.3 is 17.9 Å². The zero-order valence-corrected chi connectivity index (χ0v) is 23.8. The van der Waals surface area contributed by atoms with Crippen LogP contribution in [0, 0.1) is 17.8 Å². The van der Waals surface area contributed by atoms with Gasteiger partial charge in [0.1, 0.15) is 12.2 Å². The predicted octanol–water partition coefficient (Wildman–Crippen LogP) is 3.43. The molecule has 3 N–H and O–H groups in total. The molecule has 0 aliphatic rings. The second kappa shape index (κ2) is 16.0. The Bertz CT molecular complexity index is 969. The average Bonchev–Trinajstić information content (AvgIpc) is 2.85. The molecule has 0 heterocycles. The molecule has 0 radical (unpaired) electrons. The first kappa shape index (κ1) is 33.8. The van der Waals surface area contributed by atoms with Gasteiger partial charge in [-0.25, -0.2) is 0 Å². The Morgan fingerprint density at radius 3 is 2.08 bits per heavy atom. The molecule has 0 saturated heterocycles. The first-order chi connectivity index (χ1) is 18.1. The molecule has 5 atom stereocenters. The number of aliphatic hydroxyl groups excluding tert-OH is 1. The van der Waals surface area contributed by atoms with Crippen molar-refractivity contribution in [3.63, 3.8) is 0 Å². The second-order valence-corrected chi connectivity index (χ2v) is 10.9. The van der Waals surface area contributed by atoms with E-state index in [0.29, 0.717) is 6.42 Å². The van der Waals surface area contributed by atoms with Gasteiger partial charge in [-0.05, 0) is 45.6 Å². The summed E-state index contributed by atoms with van der Waals surface area (Å²) in [4.78, 5) is 62.8. The summed E-state index contributed by atoms with van der Waals surface area (Å²) in [6, 6.07) is 7.74. The standard InChI is InChI=1S/C29H43NO9/c1-7-18(2)21(28(36)37)15-24(32)23(13-14-25(33)39-29(4,5)6)30-27(35)22(19(3)31)16-26(34)38-17-20-11-9-8-10-12-20/h8-12,18-19,21-23,31H,7,13-17H2,1-6H3,(H,30,35)(H,36,37)/t18?,19?,21-,22+,23+/m1/s1. The fourth-order valence-electron chi connectivity index (χ4n) is 3.88. The molecule has 218 valence electrons. The van der Waals surface area contributed by atoms with Crippen LogP contribution in [-0.4, -0.2) is 57.6 Å². The van der Waals surface area contributed by atoms with Crippen molar-refractivity contribution in [1.29, 1.82) is 0 Å². The number of hydrogen-bond donors (Lipinski definition) is 3. The van der Waals surface area contributed by atoms with Crippen LogP contribution in [0.3, 0.4) is 0 Å². The van der Waals surface area contributed by atoms with Crippen LogP contribution in [0.4, 0.5) is 0 Å². The maximum absolute atomic E-state index is 13.2. The molecular weight excluding hydrogens is 506 g/mol. The largest absolute Gasteiger partial charge is 0.481 e. The van der Waals surface area contributed by atoms with Crippen molar-refractivity contribution in [3.8, 4) is 0 Å². The molecule has 2 unspecified atom stereocenters. The summed E-state index contributed by atoms with van der Waals surface area (Å²) in [6.07, 6.45) is -1.82. The quantitative estimate of drug-likeness (QED) is 0.263. The number of nitrogens with one attached hydrogen (secondary N) is 1. The fourth-order valence-corrected chi connectivity index (χ4v) is 3.88. The fraction of sp³-hybridized carbons (Fsp3) is 0.621. The van der Waals surface area contributed by atoms with Gasteiger partial charge in [-0.1, -0.05) is 50.6 Å². The minimum absolute atomic E-state index is 0.00297. The van der Waals surface area contributed by atoms with Crippen molar-refractivity contribution in [2.45, 2.75) is 98.0 Å². The molecule has 0 bridgehead atoms. The molecular formula is C29H43NO9. The number of Topliss-reactive ketones (excluding diaryl/α,β-unsaturated/α-hetero) is 1. The molecule has 39 heavy (non-hydrogen) atoms. The van der Waals surface area contributed by atoms with Gasteiger partial charge in [-0.2, -0.15) is 0 Å². The number of carbonyl (C=O) groups is 5. The van der Waals surface area contributed by atoms with Crippen LogP contribution in [0.1, 0.15) is 79.2 Å². The number of aliphatic hydroxyl groups is 1. The Morgan fingerprint density at radius 2 is 1.56 bits per heavy atom. The lowest BCUT2D eigenvalue weighted by Crippen LogP contribution is -2.47. The number of ketones is 1. The number of amides is 1. The third-order valence-electron chi connectivity index (χ3n) is 6.38. The number of hydrogen-bond acceptors (Lipinski definition) is 8. The zero-order chi connectivity index (χ0) is 29.8. The van der Waals surface area contributed by atoms with Gasteiger partial charge in [-0.15, -0.1) is 0 Å². The number of benzene rings is 1. The maximum Gasteiger partial charge on any atom is 0.307 e. The zero-order valence-electron chi connectivity index (χ0n) is 23.8. The molecule has 10 heteroatoms. The van der Waals surface area contributed by atoms with Crippen molar-refractivity contribution >= 4 is 29.6 Å². The van der Waals surface area contributed by atoms with E-state index >= 15 is 0 Å². The summed E-state index contributed by atoms with van der Waals surface area (Å²) < 4.78 is 10.5. The van der Waals surface area contributed by atoms with Crippen LogP contribution in [0.5, 0.6) is 0 Å². The van der Waals surface area contributed by atoms with Gasteiger partial charge in [0, 0.05) is 12.8 Å². The monoisotopic (exact) mass is 549 g/mol. The number of esters is 2. The highest BCUT2D eigenvalue weighted by atomic mass is 16.6. The van der Waals surface area contributed by atoms with Gasteiger partial charge in [0.05, 0.1) is 30.4 Å². The summed E-state index contributed by atoms with van der Waals surface area (Å²) in [5.74, 6) is -6.24. The molecule has 0 spiro atoms. The first-order valence-corrected chi connectivity index (χ1v) is 13.3. The van der Waals surface area contributed by atoms with Crippen molar-refractivity contribution in [2.24, 2.45) is 17.8 Å². The second-order valence-electron chi connectivity index (χ2n) is 10.9. The van der Waals surface area contributed by atoms with Gasteiger partial charge in [0.25, 0.3) is 0 Å². The van der Waals surface area contributed by atoms with E-state index in [0.717, 1.165) is 5.56 Å². The van der Waals surface area contributed by atoms with Crippen molar-refractivity contribution in [3.05, 3.63) is 35.9 Å². The summed E-state index contributed by atoms with van der Waals surface area (Å²) >= 11 is 0. The lowest BCUT2D eigenvalue weighted by atomic mass is 9.85. The number of aliphatic carboxylic acids is 1. The smallest absolute Gasteiger partial charge is 0.307 e. The van der Waals surface area contributed by atoms with Crippen LogP contribution in [-0.2, 0) is 40.1 Å². The summed E-state index contributed by atoms with van der Waals surface area (Å²) in [5, 5.41) is 22.4. The number of rotatable bonds is 16. The molecule has 0 fully saturated rings. The Balaban J connectivity index is 3.00. The minimum Gasteiger partial charge on any atom is -0.481 e. The Kier molecular flexibility index (Phi) is 13.8. The van der Waals surface area contributed by atoms with Gasteiger partial charge < -0.3 is 25.0 Å². The highest BCUT2D eigenvalue weighted by molar-refractivity contribution is 5.93. The van der Waals surface area contributed by atoms with Gasteiger partial charge in [0.2, 0.25) is 5.91 Å². The van der Waals surface area contributed by atoms with E-state index in [4.69, 9.17) is 9.47 Å². The summed E-state index contributed by atoms with van der Waals surface area (Å²) in [7, 11) is 0. The van der Waals surface area contributed by atoms with E-state index < -0.39 is 65.6 Å². The Hall–Kier alpha value is -3.27. The van der Waals surface area contributed by atoms with Gasteiger partial charge in [-0.3, -0.25) is 24.0 Å². The van der Waals surface area contributed by atoms with E-state index in [1.165, 1.54) is 6.92 Å². The normalized spacial score (nSPS) is 15.3. The highest BCUT2D eigenvalue weighted by Crippen LogP contribution is 2.22. The van der Waals surface area contributed by atoms with Crippen molar-refractivity contribution in [2.75, 3.05) is 0 Å². The molecule has 0 aliphatic heterocycles. The van der Waals surface area contributed by atoms with E-state index in [2.05, 4.69) is 5.32 Å². The highest BCUT2D eigenvalue weighted by Gasteiger charge is 2.34. The van der Waals surface area contributed by atoms with Crippen LogP contribution in [0.15, 0.2) is 30.3 Å². The third kappa shape index (κ3) is 12.9. The van der Waals surface area contributed by atoms with Crippen LogP contribution in [0.25, 0.3) is 0 Å². The molecule has 0 aliphatic carbocycles. The molecule has 1 amide bonds. The minimum atomic E-state index is -1.25. The molecule has 1 aromatic rings. The lowest BCUT2D eigenvalue weighted by Gasteiger charge is -2.26. The van der Waals surface area contributed by atoms with Crippen LogP contribution >= 0.6 is 0 Å². The average molecular weight is 550 g/mol. The molecule has 10 nitrogen and oxygen atoms in total. The SMILES string of the molecule is CCC(C)[C@@H](CC(=O)[C@H](CCC(=O)OC(C)(C)C)NC(=O)[C@@H](CC(=O)OCc1ccccc1)C(C)O)C(=O)O. The maximum atomic E-state index is 13.2. The number of carboxylic acids is 1. The topological polar surface area (TPSA) is 156 Å². The molecule has 0 aromatic heterocycles. The lowest BCUT2D eigenvalue weighted by molar-refractivity contribution is -0.155. The van der Waals surface area contributed by atoms with E-state index in [-0.39, 0.29) is 31.8 Å². The number of carbonyl (C=O) groups excluding carboxylic acids is 4.